The van der Waals surface area contributed by atoms with Crippen LogP contribution >= 0.6 is 0 Å². The molecule has 2 atom stereocenters. The molecule has 2 aromatic rings. The second kappa shape index (κ2) is 14.4. The molecule has 0 aliphatic carbocycles. The number of carbonyl (C=O) groups is 2. The highest BCUT2D eigenvalue weighted by Gasteiger charge is 2.29. The maximum Gasteiger partial charge on any atom is 0.243 e. The van der Waals surface area contributed by atoms with Crippen molar-refractivity contribution in [2.75, 3.05) is 13.2 Å². The summed E-state index contributed by atoms with van der Waals surface area (Å²) in [6.45, 7) is 13.4. The van der Waals surface area contributed by atoms with Gasteiger partial charge in [-0.25, -0.2) is 0 Å². The minimum Gasteiger partial charge on any atom is -0.490 e. The molecule has 0 bridgehead atoms. The average molecular weight is 483 g/mol. The minimum absolute atomic E-state index is 0.0375. The van der Waals surface area contributed by atoms with E-state index in [1.807, 2.05) is 77.9 Å². The number of nitrogens with one attached hydrogen (secondary N) is 1. The zero-order valence-corrected chi connectivity index (χ0v) is 22.2. The first-order chi connectivity index (χ1) is 16.8. The van der Waals surface area contributed by atoms with Gasteiger partial charge in [-0.1, -0.05) is 49.7 Å². The van der Waals surface area contributed by atoms with Crippen LogP contribution < -0.4 is 14.8 Å². The number of nitrogens with zero attached hydrogens (tertiary/aromatic N) is 1. The maximum absolute atomic E-state index is 13.5. The van der Waals surface area contributed by atoms with Gasteiger partial charge < -0.3 is 19.7 Å². The first-order valence-electron chi connectivity index (χ1n) is 12.9. The quantitative estimate of drug-likeness (QED) is 0.389. The van der Waals surface area contributed by atoms with Crippen LogP contribution in [0.3, 0.4) is 0 Å². The fourth-order valence-corrected chi connectivity index (χ4v) is 4.01. The molecule has 0 heterocycles. The van der Waals surface area contributed by atoms with Crippen molar-refractivity contribution in [3.8, 4) is 11.5 Å². The van der Waals surface area contributed by atoms with Crippen LogP contribution in [0.2, 0.25) is 0 Å². The molecular formula is C29H42N2O4. The van der Waals surface area contributed by atoms with Crippen molar-refractivity contribution in [2.24, 2.45) is 0 Å². The Balaban J connectivity index is 2.24. The highest BCUT2D eigenvalue weighted by molar-refractivity contribution is 5.88. The standard InChI is InChI=1S/C29H42N2O4/c1-7-22(6)30-29(33)25(8-2)31(20-24-13-11-12-21(5)18-24)28(32)17-15-23-14-16-26(34-9-3)27(19-23)35-10-4/h11-14,16,18-19,22,25H,7-10,15,17,20H2,1-6H3,(H,30,33)/t22-,25-/m1/s1. The zero-order valence-electron chi connectivity index (χ0n) is 22.2. The normalized spacial score (nSPS) is 12.5. The third kappa shape index (κ3) is 8.61. The number of carbonyl (C=O) groups excluding carboxylic acids is 2. The Morgan fingerprint density at radius 3 is 2.26 bits per heavy atom. The highest BCUT2D eigenvalue weighted by atomic mass is 16.5. The Morgan fingerprint density at radius 1 is 0.914 bits per heavy atom. The number of aryl methyl sites for hydroxylation is 2. The van der Waals surface area contributed by atoms with Gasteiger partial charge in [0, 0.05) is 19.0 Å². The van der Waals surface area contributed by atoms with E-state index >= 15 is 0 Å². The predicted molar refractivity (Wildman–Crippen MR) is 141 cm³/mol. The summed E-state index contributed by atoms with van der Waals surface area (Å²) in [7, 11) is 0. The van der Waals surface area contributed by atoms with Crippen LogP contribution in [0.1, 0.15) is 70.6 Å². The van der Waals surface area contributed by atoms with E-state index in [-0.39, 0.29) is 17.9 Å². The summed E-state index contributed by atoms with van der Waals surface area (Å²) >= 11 is 0. The van der Waals surface area contributed by atoms with Crippen molar-refractivity contribution in [1.82, 2.24) is 10.2 Å². The summed E-state index contributed by atoms with van der Waals surface area (Å²) in [5.74, 6) is 1.26. The van der Waals surface area contributed by atoms with Crippen molar-refractivity contribution < 1.29 is 19.1 Å². The molecule has 2 aromatic carbocycles. The topological polar surface area (TPSA) is 67.9 Å². The molecule has 0 aliphatic heterocycles. The molecule has 2 amide bonds. The summed E-state index contributed by atoms with van der Waals surface area (Å²) in [6.07, 6.45) is 2.25. The highest BCUT2D eigenvalue weighted by Crippen LogP contribution is 2.29. The molecule has 0 saturated carbocycles. The summed E-state index contributed by atoms with van der Waals surface area (Å²) in [5.41, 5.74) is 3.15. The molecular weight excluding hydrogens is 440 g/mol. The predicted octanol–water partition coefficient (Wildman–Crippen LogP) is 5.45. The Labute approximate surface area is 211 Å². The molecule has 0 saturated heterocycles. The summed E-state index contributed by atoms with van der Waals surface area (Å²) in [6, 6.07) is 13.5. The molecule has 2 rings (SSSR count). The van der Waals surface area contributed by atoms with Crippen molar-refractivity contribution >= 4 is 11.8 Å². The monoisotopic (exact) mass is 482 g/mol. The third-order valence-corrected chi connectivity index (χ3v) is 6.06. The van der Waals surface area contributed by atoms with E-state index in [2.05, 4.69) is 11.4 Å². The van der Waals surface area contributed by atoms with Crippen molar-refractivity contribution in [1.29, 1.82) is 0 Å². The van der Waals surface area contributed by atoms with Gasteiger partial charge in [-0.2, -0.15) is 0 Å². The van der Waals surface area contributed by atoms with Crippen LogP contribution in [0.5, 0.6) is 11.5 Å². The van der Waals surface area contributed by atoms with Gasteiger partial charge in [0.2, 0.25) is 11.8 Å². The number of rotatable bonds is 14. The lowest BCUT2D eigenvalue weighted by atomic mass is 10.0. The van der Waals surface area contributed by atoms with E-state index in [1.165, 1.54) is 0 Å². The molecule has 6 heteroatoms. The van der Waals surface area contributed by atoms with Gasteiger partial charge in [0.25, 0.3) is 0 Å². The summed E-state index contributed by atoms with van der Waals surface area (Å²) < 4.78 is 11.4. The van der Waals surface area contributed by atoms with Crippen molar-refractivity contribution in [3.63, 3.8) is 0 Å². The number of hydrogen-bond donors (Lipinski definition) is 1. The molecule has 0 radical (unpaired) electrons. The molecule has 0 spiro atoms. The molecule has 192 valence electrons. The SMILES string of the molecule is CCOc1ccc(CCC(=O)N(Cc2cccc(C)c2)[C@H](CC)C(=O)N[C@H](C)CC)cc1OCC. The number of hydrogen-bond acceptors (Lipinski definition) is 4. The second-order valence-electron chi connectivity index (χ2n) is 8.90. The summed E-state index contributed by atoms with van der Waals surface area (Å²) in [5, 5.41) is 3.06. The molecule has 35 heavy (non-hydrogen) atoms. The molecule has 0 fully saturated rings. The van der Waals surface area contributed by atoms with Crippen LogP contribution in [0, 0.1) is 6.92 Å². The van der Waals surface area contributed by atoms with Gasteiger partial charge in [0.15, 0.2) is 11.5 Å². The Bertz CT molecular complexity index is 959. The molecule has 1 N–H and O–H groups in total. The van der Waals surface area contributed by atoms with Crippen LogP contribution in [0.25, 0.3) is 0 Å². The third-order valence-electron chi connectivity index (χ3n) is 6.06. The summed E-state index contributed by atoms with van der Waals surface area (Å²) in [4.78, 5) is 28.4. The second-order valence-corrected chi connectivity index (χ2v) is 8.90. The van der Waals surface area contributed by atoms with Crippen LogP contribution in [-0.4, -0.2) is 42.0 Å². The Morgan fingerprint density at radius 2 is 1.63 bits per heavy atom. The maximum atomic E-state index is 13.5. The Kier molecular flexibility index (Phi) is 11.6. The fraction of sp³-hybridized carbons (Fsp3) is 0.517. The number of amides is 2. The lowest BCUT2D eigenvalue weighted by Gasteiger charge is -2.31. The number of ether oxygens (including phenoxy) is 2. The molecule has 0 aliphatic rings. The largest absolute Gasteiger partial charge is 0.490 e. The van der Waals surface area contributed by atoms with E-state index in [9.17, 15) is 9.59 Å². The first kappa shape index (κ1) is 28.2. The van der Waals surface area contributed by atoms with Crippen LogP contribution in [-0.2, 0) is 22.6 Å². The van der Waals surface area contributed by atoms with Gasteiger partial charge in [-0.15, -0.1) is 0 Å². The van der Waals surface area contributed by atoms with E-state index in [0.717, 1.165) is 23.1 Å². The van der Waals surface area contributed by atoms with Gasteiger partial charge in [-0.05, 0) is 70.2 Å². The fourth-order valence-electron chi connectivity index (χ4n) is 4.01. The van der Waals surface area contributed by atoms with Crippen molar-refractivity contribution in [2.45, 2.75) is 85.9 Å². The van der Waals surface area contributed by atoms with Gasteiger partial charge in [-0.3, -0.25) is 9.59 Å². The minimum atomic E-state index is -0.517. The van der Waals surface area contributed by atoms with E-state index in [1.54, 1.807) is 4.90 Å². The van der Waals surface area contributed by atoms with Crippen LogP contribution in [0.15, 0.2) is 42.5 Å². The van der Waals surface area contributed by atoms with Crippen molar-refractivity contribution in [3.05, 3.63) is 59.2 Å². The van der Waals surface area contributed by atoms with Gasteiger partial charge >= 0.3 is 0 Å². The Hall–Kier alpha value is -3.02. The molecule has 0 aromatic heterocycles. The number of benzene rings is 2. The molecule has 6 nitrogen and oxygen atoms in total. The zero-order chi connectivity index (χ0) is 25.8. The van der Waals surface area contributed by atoms with Crippen LogP contribution in [0.4, 0.5) is 0 Å². The van der Waals surface area contributed by atoms with E-state index in [4.69, 9.17) is 9.47 Å². The van der Waals surface area contributed by atoms with Gasteiger partial charge in [0.05, 0.1) is 13.2 Å². The lowest BCUT2D eigenvalue weighted by molar-refractivity contribution is -0.141. The van der Waals surface area contributed by atoms with Gasteiger partial charge in [0.1, 0.15) is 6.04 Å². The first-order valence-corrected chi connectivity index (χ1v) is 12.9. The average Bonchev–Trinajstić information content (AvgIpc) is 2.84. The van der Waals surface area contributed by atoms with E-state index < -0.39 is 6.04 Å². The molecule has 0 unspecified atom stereocenters. The smallest absolute Gasteiger partial charge is 0.243 e. The van der Waals surface area contributed by atoms with E-state index in [0.29, 0.717) is 50.5 Å². The lowest BCUT2D eigenvalue weighted by Crippen LogP contribution is -2.50.